The largest absolute Gasteiger partial charge is 0.450 e. The number of amides is 2. The average Bonchev–Trinajstić information content (AvgIpc) is 2.74. The van der Waals surface area contributed by atoms with Gasteiger partial charge >= 0.3 is 6.09 Å². The van der Waals surface area contributed by atoms with Crippen molar-refractivity contribution in [2.75, 3.05) is 50.9 Å². The Hall–Kier alpha value is -2.35. The molecule has 0 radical (unpaired) electrons. The fourth-order valence-electron chi connectivity index (χ4n) is 3.56. The number of carbonyl (C=O) groups is 2. The van der Waals surface area contributed by atoms with Crippen molar-refractivity contribution < 1.29 is 19.1 Å². The Bertz CT molecular complexity index is 655. The zero-order valence-electron chi connectivity index (χ0n) is 16.6. The number of nitrogens with one attached hydrogen (secondary N) is 1. The number of hydrogen-bond donors (Lipinski definition) is 1. The van der Waals surface area contributed by atoms with Crippen LogP contribution in [0.3, 0.4) is 0 Å². The van der Waals surface area contributed by atoms with E-state index in [0.717, 1.165) is 50.5 Å². The number of likely N-dealkylation sites (tertiary alicyclic amines) is 1. The molecule has 28 heavy (non-hydrogen) atoms. The van der Waals surface area contributed by atoms with Gasteiger partial charge in [-0.2, -0.15) is 0 Å². The Labute approximate surface area is 166 Å². The van der Waals surface area contributed by atoms with Crippen molar-refractivity contribution in [3.8, 4) is 0 Å². The number of morpholine rings is 1. The standard InChI is InChI=1S/C20H30N4O4/c1-2-28-20(26)24-9-6-17(7-10-24)22-19(25)4-3-16-5-8-21-18(15-16)23-11-13-27-14-12-23/h5,8,15,17H,2-4,6-7,9-14H2,1H3,(H,22,25). The van der Waals surface area contributed by atoms with Gasteiger partial charge in [0.25, 0.3) is 0 Å². The van der Waals surface area contributed by atoms with Crippen LogP contribution >= 0.6 is 0 Å². The van der Waals surface area contributed by atoms with E-state index in [1.807, 2.05) is 12.3 Å². The highest BCUT2D eigenvalue weighted by Crippen LogP contribution is 2.16. The third-order valence-electron chi connectivity index (χ3n) is 5.17. The molecule has 2 aliphatic rings. The number of rotatable bonds is 6. The molecule has 0 unspecified atom stereocenters. The van der Waals surface area contributed by atoms with Crippen LogP contribution in [-0.4, -0.2) is 73.9 Å². The molecule has 0 aromatic carbocycles. The highest BCUT2D eigenvalue weighted by Gasteiger charge is 2.24. The molecule has 3 rings (SSSR count). The zero-order chi connectivity index (χ0) is 19.8. The lowest BCUT2D eigenvalue weighted by Crippen LogP contribution is -2.46. The van der Waals surface area contributed by atoms with Crippen LogP contribution in [0.5, 0.6) is 0 Å². The SMILES string of the molecule is CCOC(=O)N1CCC(NC(=O)CCc2ccnc(N3CCOCC3)c2)CC1. The number of nitrogens with zero attached hydrogens (tertiary/aromatic N) is 3. The molecule has 0 atom stereocenters. The number of aromatic nitrogens is 1. The Balaban J connectivity index is 1.41. The van der Waals surface area contributed by atoms with E-state index < -0.39 is 0 Å². The molecule has 0 aliphatic carbocycles. The minimum atomic E-state index is -0.263. The Morgan fingerprint density at radius 3 is 2.71 bits per heavy atom. The van der Waals surface area contributed by atoms with Gasteiger partial charge in [0.05, 0.1) is 19.8 Å². The van der Waals surface area contributed by atoms with Crippen molar-refractivity contribution in [3.05, 3.63) is 23.9 Å². The molecule has 154 valence electrons. The van der Waals surface area contributed by atoms with Crippen molar-refractivity contribution in [3.63, 3.8) is 0 Å². The number of pyridine rings is 1. The normalized spacial score (nSPS) is 18.0. The molecule has 0 bridgehead atoms. The summed E-state index contributed by atoms with van der Waals surface area (Å²) in [4.78, 5) is 32.4. The molecule has 8 heteroatoms. The topological polar surface area (TPSA) is 84.0 Å². The van der Waals surface area contributed by atoms with Crippen LogP contribution in [-0.2, 0) is 20.7 Å². The van der Waals surface area contributed by atoms with E-state index in [1.54, 1.807) is 11.8 Å². The molecule has 8 nitrogen and oxygen atoms in total. The van der Waals surface area contributed by atoms with E-state index in [9.17, 15) is 9.59 Å². The first-order chi connectivity index (χ1) is 13.7. The Morgan fingerprint density at radius 2 is 2.00 bits per heavy atom. The van der Waals surface area contributed by atoms with Crippen molar-refractivity contribution in [1.82, 2.24) is 15.2 Å². The molecular formula is C20H30N4O4. The van der Waals surface area contributed by atoms with Gasteiger partial charge < -0.3 is 24.6 Å². The maximum Gasteiger partial charge on any atom is 0.409 e. The summed E-state index contributed by atoms with van der Waals surface area (Å²) < 4.78 is 10.4. The van der Waals surface area contributed by atoms with Gasteiger partial charge in [0.15, 0.2) is 0 Å². The highest BCUT2D eigenvalue weighted by atomic mass is 16.6. The van der Waals surface area contributed by atoms with E-state index in [0.29, 0.717) is 32.5 Å². The van der Waals surface area contributed by atoms with Crippen molar-refractivity contribution in [1.29, 1.82) is 0 Å². The van der Waals surface area contributed by atoms with Crippen molar-refractivity contribution in [2.45, 2.75) is 38.6 Å². The third-order valence-corrected chi connectivity index (χ3v) is 5.17. The number of anilines is 1. The van der Waals surface area contributed by atoms with Gasteiger partial charge in [-0.15, -0.1) is 0 Å². The van der Waals surface area contributed by atoms with Crippen LogP contribution in [0.4, 0.5) is 10.6 Å². The molecule has 3 heterocycles. The molecule has 1 N–H and O–H groups in total. The fraction of sp³-hybridized carbons (Fsp3) is 0.650. The summed E-state index contributed by atoms with van der Waals surface area (Å²) in [5.41, 5.74) is 1.11. The molecule has 2 amide bonds. The Kier molecular flexibility index (Phi) is 7.47. The molecule has 2 aliphatic heterocycles. The maximum atomic E-state index is 12.3. The predicted octanol–water partition coefficient (Wildman–Crippen LogP) is 1.59. The van der Waals surface area contributed by atoms with Crippen LogP contribution in [0.25, 0.3) is 0 Å². The molecule has 0 saturated carbocycles. The first-order valence-electron chi connectivity index (χ1n) is 10.1. The molecular weight excluding hydrogens is 360 g/mol. The summed E-state index contributed by atoms with van der Waals surface area (Å²) in [7, 11) is 0. The lowest BCUT2D eigenvalue weighted by atomic mass is 10.0. The van der Waals surface area contributed by atoms with Crippen molar-refractivity contribution >= 4 is 17.8 Å². The summed E-state index contributed by atoms with van der Waals surface area (Å²) in [6.07, 6.45) is 4.21. The lowest BCUT2D eigenvalue weighted by molar-refractivity contribution is -0.122. The first-order valence-corrected chi connectivity index (χ1v) is 10.1. The molecule has 1 aromatic heterocycles. The van der Waals surface area contributed by atoms with Gasteiger partial charge in [-0.25, -0.2) is 9.78 Å². The zero-order valence-corrected chi connectivity index (χ0v) is 16.6. The van der Waals surface area contributed by atoms with E-state index in [1.165, 1.54) is 0 Å². The number of aryl methyl sites for hydroxylation is 1. The van der Waals surface area contributed by atoms with Gasteiger partial charge in [0.2, 0.25) is 5.91 Å². The average molecular weight is 390 g/mol. The van der Waals surface area contributed by atoms with E-state index in [2.05, 4.69) is 21.3 Å². The van der Waals surface area contributed by atoms with Crippen molar-refractivity contribution in [2.24, 2.45) is 0 Å². The molecule has 1 aromatic rings. The van der Waals surface area contributed by atoms with Gasteiger partial charge in [-0.1, -0.05) is 0 Å². The highest BCUT2D eigenvalue weighted by molar-refractivity contribution is 5.76. The van der Waals surface area contributed by atoms with Gasteiger partial charge in [-0.05, 0) is 43.9 Å². The monoisotopic (exact) mass is 390 g/mol. The molecule has 2 fully saturated rings. The molecule has 0 spiro atoms. The number of hydrogen-bond acceptors (Lipinski definition) is 6. The predicted molar refractivity (Wildman–Crippen MR) is 105 cm³/mol. The summed E-state index contributed by atoms with van der Waals surface area (Å²) in [6, 6.07) is 4.16. The summed E-state index contributed by atoms with van der Waals surface area (Å²) in [5.74, 6) is 1.01. The first kappa shape index (κ1) is 20.4. The van der Waals surface area contributed by atoms with E-state index in [4.69, 9.17) is 9.47 Å². The van der Waals surface area contributed by atoms with Crippen LogP contribution in [0, 0.1) is 0 Å². The summed E-state index contributed by atoms with van der Waals surface area (Å²) in [6.45, 7) is 6.58. The molecule has 2 saturated heterocycles. The van der Waals surface area contributed by atoms with Crippen LogP contribution in [0.2, 0.25) is 0 Å². The smallest absolute Gasteiger partial charge is 0.409 e. The number of piperidine rings is 1. The second-order valence-electron chi connectivity index (χ2n) is 7.15. The second-order valence-corrected chi connectivity index (χ2v) is 7.15. The van der Waals surface area contributed by atoms with E-state index in [-0.39, 0.29) is 18.0 Å². The maximum absolute atomic E-state index is 12.3. The minimum Gasteiger partial charge on any atom is -0.450 e. The number of carbonyl (C=O) groups excluding carboxylic acids is 2. The number of ether oxygens (including phenoxy) is 2. The third kappa shape index (κ3) is 5.82. The van der Waals surface area contributed by atoms with Gasteiger partial charge in [0.1, 0.15) is 5.82 Å². The minimum absolute atomic E-state index is 0.0549. The fourth-order valence-corrected chi connectivity index (χ4v) is 3.56. The quantitative estimate of drug-likeness (QED) is 0.794. The summed E-state index contributed by atoms with van der Waals surface area (Å²) in [5, 5.41) is 3.10. The lowest BCUT2D eigenvalue weighted by Gasteiger charge is -2.31. The Morgan fingerprint density at radius 1 is 1.25 bits per heavy atom. The van der Waals surface area contributed by atoms with E-state index >= 15 is 0 Å². The van der Waals surface area contributed by atoms with Gasteiger partial charge in [-0.3, -0.25) is 4.79 Å². The second kappa shape index (κ2) is 10.3. The van der Waals surface area contributed by atoms with Crippen LogP contribution in [0.15, 0.2) is 18.3 Å². The van der Waals surface area contributed by atoms with Crippen LogP contribution < -0.4 is 10.2 Å². The van der Waals surface area contributed by atoms with Crippen LogP contribution in [0.1, 0.15) is 31.7 Å². The summed E-state index contributed by atoms with van der Waals surface area (Å²) >= 11 is 0. The van der Waals surface area contributed by atoms with Gasteiger partial charge in [0, 0.05) is 44.8 Å².